The number of ether oxygens (including phenoxy) is 1. The van der Waals surface area contributed by atoms with Crippen molar-refractivity contribution in [3.8, 4) is 5.88 Å². The van der Waals surface area contributed by atoms with Crippen LogP contribution in [0.1, 0.15) is 53.1 Å². The van der Waals surface area contributed by atoms with E-state index < -0.39 is 11.4 Å². The maximum absolute atomic E-state index is 12.5. The second kappa shape index (κ2) is 10.2. The number of nitrogens with zero attached hydrogens (tertiary/aromatic N) is 2. The van der Waals surface area contributed by atoms with E-state index in [1.165, 1.54) is 11.1 Å². The normalized spacial score (nSPS) is 14.9. The minimum Gasteiger partial charge on any atom is -0.481 e. The van der Waals surface area contributed by atoms with Crippen LogP contribution >= 0.6 is 0 Å². The van der Waals surface area contributed by atoms with Gasteiger partial charge in [-0.2, -0.15) is 0 Å². The van der Waals surface area contributed by atoms with Crippen LogP contribution in [0.5, 0.6) is 5.88 Å². The van der Waals surface area contributed by atoms with Crippen molar-refractivity contribution in [1.82, 2.24) is 9.88 Å². The number of aliphatic carboxylic acids is 1. The van der Waals surface area contributed by atoms with Crippen molar-refractivity contribution in [2.75, 3.05) is 31.2 Å². The van der Waals surface area contributed by atoms with E-state index in [-0.39, 0.29) is 5.92 Å². The van der Waals surface area contributed by atoms with Gasteiger partial charge in [-0.3, -0.25) is 9.69 Å². The lowest BCUT2D eigenvalue weighted by atomic mass is 9.69. The highest BCUT2D eigenvalue weighted by molar-refractivity contribution is 5.78. The summed E-state index contributed by atoms with van der Waals surface area (Å²) in [6.45, 7) is 10.5. The zero-order valence-corrected chi connectivity index (χ0v) is 21.8. The van der Waals surface area contributed by atoms with Gasteiger partial charge in [0.15, 0.2) is 0 Å². The summed E-state index contributed by atoms with van der Waals surface area (Å²) in [5, 5.41) is 13.3. The molecule has 7 heteroatoms. The highest BCUT2D eigenvalue weighted by Gasteiger charge is 2.40. The van der Waals surface area contributed by atoms with Crippen LogP contribution in [0.15, 0.2) is 48.7 Å². The molecule has 1 aliphatic heterocycles. The van der Waals surface area contributed by atoms with Crippen LogP contribution in [0, 0.1) is 19.3 Å². The Labute approximate surface area is 213 Å². The molecule has 1 unspecified atom stereocenters. The Balaban J connectivity index is 1.74. The number of anilines is 2. The number of aryl methyl sites for hydroxylation is 1. The summed E-state index contributed by atoms with van der Waals surface area (Å²) in [7, 11) is 1.83. The van der Waals surface area contributed by atoms with E-state index in [0.717, 1.165) is 47.6 Å². The van der Waals surface area contributed by atoms with Gasteiger partial charge in [-0.15, -0.1) is 0 Å². The number of nitrogen functional groups attached to an aromatic ring is 1. The zero-order valence-electron chi connectivity index (χ0n) is 21.8. The third-order valence-corrected chi connectivity index (χ3v) is 7.40. The molecule has 7 nitrogen and oxygen atoms in total. The van der Waals surface area contributed by atoms with Crippen molar-refractivity contribution in [2.24, 2.45) is 5.41 Å². The van der Waals surface area contributed by atoms with E-state index in [9.17, 15) is 9.90 Å². The standard InChI is InChI=1S/C29H36N4O3/c1-18-8-9-20(15-22(18)17-33-13-14-36-27-21(16-33)7-6-12-32-27)25(29(3,4)28(34)35)23-10-11-24(31-5)26(30)19(23)2/h6-12,15,25,31H,13-14,16-17,30H2,1-5H3,(H,34,35). The smallest absolute Gasteiger partial charge is 0.310 e. The van der Waals surface area contributed by atoms with E-state index in [1.807, 2.05) is 32.2 Å². The first-order valence-corrected chi connectivity index (χ1v) is 12.3. The molecule has 0 saturated carbocycles. The fraction of sp³-hybridized carbons (Fsp3) is 0.379. The summed E-state index contributed by atoms with van der Waals surface area (Å²) >= 11 is 0. The van der Waals surface area contributed by atoms with Crippen molar-refractivity contribution < 1.29 is 14.6 Å². The first-order valence-electron chi connectivity index (χ1n) is 12.3. The second-order valence-corrected chi connectivity index (χ2v) is 10.2. The Morgan fingerprint density at radius 1 is 1.25 bits per heavy atom. The summed E-state index contributed by atoms with van der Waals surface area (Å²) in [4.78, 5) is 19.2. The van der Waals surface area contributed by atoms with Gasteiger partial charge in [0.05, 0.1) is 16.8 Å². The van der Waals surface area contributed by atoms with Crippen LogP contribution in [-0.2, 0) is 17.9 Å². The van der Waals surface area contributed by atoms with Crippen LogP contribution in [-0.4, -0.2) is 41.2 Å². The van der Waals surface area contributed by atoms with Gasteiger partial charge in [-0.1, -0.05) is 30.3 Å². The predicted molar refractivity (Wildman–Crippen MR) is 143 cm³/mol. The number of aromatic nitrogens is 1. The van der Waals surface area contributed by atoms with Crippen molar-refractivity contribution >= 4 is 17.3 Å². The van der Waals surface area contributed by atoms with Crippen molar-refractivity contribution in [3.63, 3.8) is 0 Å². The number of fused-ring (bicyclic) bond motifs is 1. The van der Waals surface area contributed by atoms with Crippen LogP contribution in [0.2, 0.25) is 0 Å². The third kappa shape index (κ3) is 4.88. The van der Waals surface area contributed by atoms with Gasteiger partial charge in [0.25, 0.3) is 0 Å². The Morgan fingerprint density at radius 3 is 2.75 bits per heavy atom. The van der Waals surface area contributed by atoms with Gasteiger partial charge in [0, 0.05) is 44.4 Å². The molecule has 1 aromatic heterocycles. The first-order chi connectivity index (χ1) is 17.1. The Bertz CT molecular complexity index is 1270. The molecule has 0 radical (unpaired) electrons. The number of rotatable bonds is 7. The maximum atomic E-state index is 12.5. The maximum Gasteiger partial charge on any atom is 0.310 e. The zero-order chi connectivity index (χ0) is 26.0. The minimum atomic E-state index is -1.05. The molecule has 4 N–H and O–H groups in total. The molecule has 2 aromatic carbocycles. The quantitative estimate of drug-likeness (QED) is 0.404. The Hall–Kier alpha value is -3.58. The van der Waals surface area contributed by atoms with Gasteiger partial charge in [-0.05, 0) is 67.6 Å². The number of pyridine rings is 1. The molecule has 36 heavy (non-hydrogen) atoms. The lowest BCUT2D eigenvalue weighted by molar-refractivity contribution is -0.147. The van der Waals surface area contributed by atoms with Crippen LogP contribution < -0.4 is 15.8 Å². The molecule has 0 bridgehead atoms. The van der Waals surface area contributed by atoms with Crippen molar-refractivity contribution in [2.45, 2.75) is 46.7 Å². The summed E-state index contributed by atoms with van der Waals surface area (Å²) in [6, 6.07) is 14.2. The molecule has 0 amide bonds. The molecule has 3 aromatic rings. The number of carboxylic acid groups (broad SMARTS) is 1. The van der Waals surface area contributed by atoms with Gasteiger partial charge in [0.1, 0.15) is 6.61 Å². The fourth-order valence-electron chi connectivity index (χ4n) is 5.07. The van der Waals surface area contributed by atoms with Crippen molar-refractivity contribution in [3.05, 3.63) is 82.0 Å². The lowest BCUT2D eigenvalue weighted by Gasteiger charge is -2.34. The number of nitrogens with one attached hydrogen (secondary N) is 1. The largest absolute Gasteiger partial charge is 0.481 e. The summed E-state index contributed by atoms with van der Waals surface area (Å²) in [5.74, 6) is -0.522. The molecular formula is C29H36N4O3. The summed E-state index contributed by atoms with van der Waals surface area (Å²) < 4.78 is 5.85. The van der Waals surface area contributed by atoms with E-state index >= 15 is 0 Å². The number of carboxylic acids is 1. The second-order valence-electron chi connectivity index (χ2n) is 10.2. The fourth-order valence-corrected chi connectivity index (χ4v) is 5.07. The topological polar surface area (TPSA) is 101 Å². The van der Waals surface area contributed by atoms with Crippen LogP contribution in [0.3, 0.4) is 0 Å². The average molecular weight is 489 g/mol. The SMILES string of the molecule is CNc1ccc(C(c2ccc(C)c(CN3CCOc4ncccc4C3)c2)C(C)(C)C(=O)O)c(C)c1N. The van der Waals surface area contributed by atoms with E-state index in [2.05, 4.69) is 46.4 Å². The molecule has 0 fully saturated rings. The van der Waals surface area contributed by atoms with Gasteiger partial charge >= 0.3 is 5.97 Å². The van der Waals surface area contributed by atoms with Crippen LogP contribution in [0.4, 0.5) is 11.4 Å². The molecular weight excluding hydrogens is 452 g/mol. The number of hydrogen-bond donors (Lipinski definition) is 3. The number of hydrogen-bond acceptors (Lipinski definition) is 6. The number of nitrogens with two attached hydrogens (primary N) is 1. The van der Waals surface area contributed by atoms with E-state index in [1.54, 1.807) is 20.0 Å². The van der Waals surface area contributed by atoms with E-state index in [0.29, 0.717) is 18.2 Å². The van der Waals surface area contributed by atoms with Gasteiger partial charge in [0.2, 0.25) is 5.88 Å². The molecule has 0 spiro atoms. The third-order valence-electron chi connectivity index (χ3n) is 7.40. The molecule has 2 heterocycles. The molecule has 1 aliphatic rings. The highest BCUT2D eigenvalue weighted by atomic mass is 16.5. The summed E-state index contributed by atoms with van der Waals surface area (Å²) in [5.41, 5.74) is 13.1. The monoisotopic (exact) mass is 488 g/mol. The van der Waals surface area contributed by atoms with E-state index in [4.69, 9.17) is 10.5 Å². The Morgan fingerprint density at radius 2 is 2.03 bits per heavy atom. The Kier molecular flexibility index (Phi) is 7.22. The summed E-state index contributed by atoms with van der Waals surface area (Å²) in [6.07, 6.45) is 1.75. The number of benzene rings is 2. The predicted octanol–water partition coefficient (Wildman–Crippen LogP) is 4.96. The lowest BCUT2D eigenvalue weighted by Crippen LogP contribution is -2.33. The first kappa shape index (κ1) is 25.5. The highest BCUT2D eigenvalue weighted by Crippen LogP contribution is 2.45. The molecule has 0 saturated heterocycles. The molecule has 4 rings (SSSR count). The average Bonchev–Trinajstić information content (AvgIpc) is 3.05. The minimum absolute atomic E-state index is 0.375. The van der Waals surface area contributed by atoms with Crippen molar-refractivity contribution in [1.29, 1.82) is 0 Å². The van der Waals surface area contributed by atoms with Crippen LogP contribution in [0.25, 0.3) is 0 Å². The molecule has 1 atom stereocenters. The molecule has 190 valence electrons. The number of carbonyl (C=O) groups is 1. The molecule has 0 aliphatic carbocycles. The van der Waals surface area contributed by atoms with Gasteiger partial charge in [-0.25, -0.2) is 4.98 Å². The van der Waals surface area contributed by atoms with Gasteiger partial charge < -0.3 is 20.9 Å².